The molecule has 0 saturated heterocycles. The standard InChI is InChI=1S/C15H24O2/c1-10(2)13-6-4-12(9-17)14-5-3-11(8-16)7-15(13)14/h7,10,13,15-17H,3-6,8-9H2,1-2H3/t13-,15-/m1/s1. The van der Waals surface area contributed by atoms with Gasteiger partial charge < -0.3 is 10.2 Å². The number of aliphatic hydroxyl groups excluding tert-OH is 2. The zero-order valence-corrected chi connectivity index (χ0v) is 10.9. The Morgan fingerprint density at radius 1 is 1.18 bits per heavy atom. The molecule has 2 aliphatic rings. The van der Waals surface area contributed by atoms with Crippen LogP contribution in [0.3, 0.4) is 0 Å². The van der Waals surface area contributed by atoms with Crippen LogP contribution >= 0.6 is 0 Å². The molecule has 2 rings (SSSR count). The first-order valence-corrected chi connectivity index (χ1v) is 6.79. The number of hydrogen-bond donors (Lipinski definition) is 2. The molecule has 0 spiro atoms. The molecule has 0 bridgehead atoms. The van der Waals surface area contributed by atoms with E-state index in [9.17, 15) is 10.2 Å². The molecule has 0 amide bonds. The number of rotatable bonds is 3. The van der Waals surface area contributed by atoms with E-state index in [1.54, 1.807) is 0 Å². The van der Waals surface area contributed by atoms with Crippen molar-refractivity contribution in [1.82, 2.24) is 0 Å². The van der Waals surface area contributed by atoms with Gasteiger partial charge in [-0.3, -0.25) is 0 Å². The molecule has 0 fully saturated rings. The van der Waals surface area contributed by atoms with Gasteiger partial charge in [-0.2, -0.15) is 0 Å². The minimum atomic E-state index is 0.197. The van der Waals surface area contributed by atoms with E-state index in [2.05, 4.69) is 19.9 Å². The molecule has 0 aromatic carbocycles. The summed E-state index contributed by atoms with van der Waals surface area (Å²) in [6.07, 6.45) is 6.52. The van der Waals surface area contributed by atoms with Gasteiger partial charge >= 0.3 is 0 Å². The molecule has 2 heteroatoms. The number of fused-ring (bicyclic) bond motifs is 1. The average Bonchev–Trinajstić information content (AvgIpc) is 2.36. The molecule has 2 nitrogen and oxygen atoms in total. The van der Waals surface area contributed by atoms with Gasteiger partial charge in [-0.15, -0.1) is 0 Å². The van der Waals surface area contributed by atoms with E-state index in [1.807, 2.05) is 0 Å². The lowest BCUT2D eigenvalue weighted by Gasteiger charge is -2.39. The van der Waals surface area contributed by atoms with Crippen LogP contribution < -0.4 is 0 Å². The van der Waals surface area contributed by atoms with Crippen molar-refractivity contribution in [3.05, 3.63) is 22.8 Å². The lowest BCUT2D eigenvalue weighted by atomic mass is 9.66. The quantitative estimate of drug-likeness (QED) is 0.740. The van der Waals surface area contributed by atoms with Crippen LogP contribution in [0.4, 0.5) is 0 Å². The third-order valence-corrected chi connectivity index (χ3v) is 4.48. The van der Waals surface area contributed by atoms with E-state index in [0.717, 1.165) is 19.3 Å². The molecule has 0 heterocycles. The van der Waals surface area contributed by atoms with Gasteiger partial charge in [-0.1, -0.05) is 25.5 Å². The molecule has 0 aromatic heterocycles. The topological polar surface area (TPSA) is 40.5 Å². The van der Waals surface area contributed by atoms with Crippen molar-refractivity contribution in [1.29, 1.82) is 0 Å². The Kier molecular flexibility index (Phi) is 4.05. The van der Waals surface area contributed by atoms with Crippen molar-refractivity contribution in [2.24, 2.45) is 17.8 Å². The molecule has 0 aliphatic heterocycles. The first-order chi connectivity index (χ1) is 8.17. The van der Waals surface area contributed by atoms with E-state index in [0.29, 0.717) is 17.8 Å². The maximum absolute atomic E-state index is 9.45. The van der Waals surface area contributed by atoms with Gasteiger partial charge in [0, 0.05) is 5.92 Å². The number of allylic oxidation sites excluding steroid dienone is 2. The van der Waals surface area contributed by atoms with E-state index in [4.69, 9.17) is 0 Å². The van der Waals surface area contributed by atoms with Crippen LogP contribution in [0, 0.1) is 17.8 Å². The Balaban J connectivity index is 2.33. The molecule has 0 saturated carbocycles. The second-order valence-corrected chi connectivity index (χ2v) is 5.74. The van der Waals surface area contributed by atoms with Crippen LogP contribution in [-0.4, -0.2) is 23.4 Å². The van der Waals surface area contributed by atoms with Crippen LogP contribution in [0.25, 0.3) is 0 Å². The summed E-state index contributed by atoms with van der Waals surface area (Å²) < 4.78 is 0. The molecule has 0 radical (unpaired) electrons. The first-order valence-electron chi connectivity index (χ1n) is 6.79. The lowest BCUT2D eigenvalue weighted by molar-refractivity contribution is 0.249. The first kappa shape index (κ1) is 12.8. The molecular weight excluding hydrogens is 212 g/mol. The van der Waals surface area contributed by atoms with Gasteiger partial charge in [0.2, 0.25) is 0 Å². The Morgan fingerprint density at radius 3 is 2.53 bits per heavy atom. The Hall–Kier alpha value is -0.600. The van der Waals surface area contributed by atoms with Crippen molar-refractivity contribution in [2.45, 2.75) is 39.5 Å². The largest absolute Gasteiger partial charge is 0.392 e. The zero-order valence-electron chi connectivity index (χ0n) is 10.9. The highest BCUT2D eigenvalue weighted by atomic mass is 16.3. The maximum Gasteiger partial charge on any atom is 0.0644 e. The van der Waals surface area contributed by atoms with Gasteiger partial charge in [0.05, 0.1) is 13.2 Å². The van der Waals surface area contributed by atoms with Crippen molar-refractivity contribution in [3.63, 3.8) is 0 Å². The molecule has 0 aromatic rings. The summed E-state index contributed by atoms with van der Waals surface area (Å²) in [6.45, 7) is 4.99. The maximum atomic E-state index is 9.45. The molecule has 17 heavy (non-hydrogen) atoms. The van der Waals surface area contributed by atoms with Gasteiger partial charge in [-0.05, 0) is 48.7 Å². The SMILES string of the molecule is CC(C)[C@H]1CCC(CO)=C2CCC(CO)=C[C@@H]21. The van der Waals surface area contributed by atoms with E-state index in [1.165, 1.54) is 23.1 Å². The predicted molar refractivity (Wildman–Crippen MR) is 69.6 cm³/mol. The van der Waals surface area contributed by atoms with E-state index < -0.39 is 0 Å². The summed E-state index contributed by atoms with van der Waals surface area (Å²) in [5, 5.41) is 18.7. The minimum absolute atomic E-state index is 0.197. The highest BCUT2D eigenvalue weighted by Crippen LogP contribution is 2.44. The number of aliphatic hydroxyl groups is 2. The van der Waals surface area contributed by atoms with Crippen LogP contribution in [0.15, 0.2) is 22.8 Å². The Morgan fingerprint density at radius 2 is 1.94 bits per heavy atom. The van der Waals surface area contributed by atoms with Crippen LogP contribution in [0.1, 0.15) is 39.5 Å². The lowest BCUT2D eigenvalue weighted by Crippen LogP contribution is -2.29. The fourth-order valence-electron chi connectivity index (χ4n) is 3.44. The van der Waals surface area contributed by atoms with Crippen molar-refractivity contribution < 1.29 is 10.2 Å². The number of hydrogen-bond acceptors (Lipinski definition) is 2. The van der Waals surface area contributed by atoms with Crippen molar-refractivity contribution >= 4 is 0 Å². The Bertz CT molecular complexity index is 339. The summed E-state index contributed by atoms with van der Waals surface area (Å²) in [4.78, 5) is 0. The van der Waals surface area contributed by atoms with Gasteiger partial charge in [0.1, 0.15) is 0 Å². The minimum Gasteiger partial charge on any atom is -0.392 e. The summed E-state index contributed by atoms with van der Waals surface area (Å²) in [5.41, 5.74) is 3.92. The second-order valence-electron chi connectivity index (χ2n) is 5.74. The summed E-state index contributed by atoms with van der Waals surface area (Å²) in [6, 6.07) is 0. The molecule has 0 unspecified atom stereocenters. The predicted octanol–water partition coefficient (Wildman–Crippen LogP) is 2.67. The van der Waals surface area contributed by atoms with Gasteiger partial charge in [0.15, 0.2) is 0 Å². The summed E-state index contributed by atoms with van der Waals surface area (Å²) >= 11 is 0. The summed E-state index contributed by atoms with van der Waals surface area (Å²) in [5.74, 6) is 1.83. The average molecular weight is 236 g/mol. The van der Waals surface area contributed by atoms with Crippen molar-refractivity contribution in [3.8, 4) is 0 Å². The molecular formula is C15H24O2. The van der Waals surface area contributed by atoms with Crippen LogP contribution in [0.5, 0.6) is 0 Å². The fourth-order valence-corrected chi connectivity index (χ4v) is 3.44. The molecule has 96 valence electrons. The monoisotopic (exact) mass is 236 g/mol. The van der Waals surface area contributed by atoms with Gasteiger partial charge in [0.25, 0.3) is 0 Å². The van der Waals surface area contributed by atoms with E-state index >= 15 is 0 Å². The van der Waals surface area contributed by atoms with Crippen molar-refractivity contribution in [2.75, 3.05) is 13.2 Å². The van der Waals surface area contributed by atoms with Crippen LogP contribution in [0.2, 0.25) is 0 Å². The zero-order chi connectivity index (χ0) is 12.4. The fraction of sp³-hybridized carbons (Fsp3) is 0.733. The molecule has 2 aliphatic carbocycles. The second kappa shape index (κ2) is 5.36. The smallest absolute Gasteiger partial charge is 0.0644 e. The third kappa shape index (κ3) is 2.48. The normalized spacial score (nSPS) is 29.4. The third-order valence-electron chi connectivity index (χ3n) is 4.48. The molecule has 2 N–H and O–H groups in total. The van der Waals surface area contributed by atoms with Crippen LogP contribution in [-0.2, 0) is 0 Å². The Labute approximate surface area is 104 Å². The van der Waals surface area contributed by atoms with E-state index in [-0.39, 0.29) is 13.2 Å². The summed E-state index contributed by atoms with van der Waals surface area (Å²) in [7, 11) is 0. The highest BCUT2D eigenvalue weighted by Gasteiger charge is 2.33. The molecule has 2 atom stereocenters. The van der Waals surface area contributed by atoms with Gasteiger partial charge in [-0.25, -0.2) is 0 Å². The highest BCUT2D eigenvalue weighted by molar-refractivity contribution is 5.31.